The van der Waals surface area contributed by atoms with Gasteiger partial charge in [0.2, 0.25) is 0 Å². The minimum Gasteiger partial charge on any atom is -0.394 e. The van der Waals surface area contributed by atoms with Crippen LogP contribution in [0.2, 0.25) is 0 Å². The summed E-state index contributed by atoms with van der Waals surface area (Å²) < 4.78 is 2.86. The maximum atomic E-state index is 8.90. The lowest BCUT2D eigenvalue weighted by Crippen LogP contribution is -2.02. The third kappa shape index (κ3) is 4.01. The molecule has 0 fully saturated rings. The Morgan fingerprint density at radius 2 is 2.24 bits per heavy atom. The zero-order valence-corrected chi connectivity index (χ0v) is 12.7. The van der Waals surface area contributed by atoms with Crippen LogP contribution < -0.4 is 0 Å². The number of allylic oxidation sites excluding steroid dienone is 2. The van der Waals surface area contributed by atoms with E-state index in [1.807, 2.05) is 33.0 Å². The molecule has 0 aromatic carbocycles. The fourth-order valence-corrected chi connectivity index (χ4v) is 2.69. The van der Waals surface area contributed by atoms with Crippen molar-refractivity contribution in [2.24, 2.45) is 0 Å². The van der Waals surface area contributed by atoms with E-state index in [2.05, 4.69) is 27.1 Å². The van der Waals surface area contributed by atoms with Gasteiger partial charge in [0.1, 0.15) is 0 Å². The minimum atomic E-state index is 0.109. The van der Waals surface area contributed by atoms with Crippen molar-refractivity contribution >= 4 is 32.6 Å². The number of aryl methyl sites for hydroxylation is 1. The zero-order valence-electron chi connectivity index (χ0n) is 10.3. The number of nitrogens with zero attached hydrogens (tertiary/aromatic N) is 2. The van der Waals surface area contributed by atoms with E-state index in [-0.39, 0.29) is 6.61 Å². The van der Waals surface area contributed by atoms with Crippen LogP contribution in [0.5, 0.6) is 0 Å². The Balaban J connectivity index is 2.96. The summed E-state index contributed by atoms with van der Waals surface area (Å²) in [7, 11) is 0. The van der Waals surface area contributed by atoms with Gasteiger partial charge in [0, 0.05) is 16.7 Å². The second-order valence-corrected chi connectivity index (χ2v) is 5.93. The molecule has 0 saturated heterocycles. The van der Waals surface area contributed by atoms with E-state index in [1.165, 1.54) is 0 Å². The van der Waals surface area contributed by atoms with E-state index in [0.29, 0.717) is 6.54 Å². The molecule has 1 aromatic rings. The fourth-order valence-electron chi connectivity index (χ4n) is 1.41. The van der Waals surface area contributed by atoms with Gasteiger partial charge in [0.15, 0.2) is 0 Å². The van der Waals surface area contributed by atoms with E-state index >= 15 is 0 Å². The average molecular weight is 317 g/mol. The molecular weight excluding hydrogens is 300 g/mol. The number of hydrogen-bond donors (Lipinski definition) is 1. The van der Waals surface area contributed by atoms with E-state index in [4.69, 9.17) is 5.11 Å². The summed E-state index contributed by atoms with van der Waals surface area (Å²) in [5.41, 5.74) is 2.10. The van der Waals surface area contributed by atoms with Crippen LogP contribution in [-0.2, 0) is 6.54 Å². The van der Waals surface area contributed by atoms with Crippen molar-refractivity contribution < 1.29 is 5.11 Å². The number of halogens is 1. The molecule has 0 atom stereocenters. The fraction of sp³-hybridized carbons (Fsp3) is 0.417. The lowest BCUT2D eigenvalue weighted by atomic mass is 10.2. The Morgan fingerprint density at radius 3 is 2.76 bits per heavy atom. The number of rotatable bonds is 5. The van der Waals surface area contributed by atoms with Crippen LogP contribution in [0.4, 0.5) is 0 Å². The van der Waals surface area contributed by atoms with Crippen LogP contribution in [0, 0.1) is 6.92 Å². The quantitative estimate of drug-likeness (QED) is 0.903. The summed E-state index contributed by atoms with van der Waals surface area (Å²) in [6.45, 7) is 6.63. The third-order valence-electron chi connectivity index (χ3n) is 2.24. The Morgan fingerprint density at radius 1 is 1.53 bits per heavy atom. The van der Waals surface area contributed by atoms with Crippen molar-refractivity contribution in [3.63, 3.8) is 0 Å². The van der Waals surface area contributed by atoms with Crippen molar-refractivity contribution in [3.8, 4) is 0 Å². The van der Waals surface area contributed by atoms with Gasteiger partial charge < -0.3 is 5.11 Å². The number of aliphatic hydroxyl groups excluding tert-OH is 1. The minimum absolute atomic E-state index is 0.109. The van der Waals surface area contributed by atoms with E-state index < -0.39 is 0 Å². The molecule has 17 heavy (non-hydrogen) atoms. The SMILES string of the molecule is C/C=C(\S/C(Br)=C\C)c1cn(CCO)nc1C. The largest absolute Gasteiger partial charge is 0.394 e. The van der Waals surface area contributed by atoms with Crippen LogP contribution in [0.1, 0.15) is 25.1 Å². The molecule has 5 heteroatoms. The van der Waals surface area contributed by atoms with Gasteiger partial charge in [-0.05, 0) is 36.7 Å². The van der Waals surface area contributed by atoms with Crippen molar-refractivity contribution in [2.45, 2.75) is 27.3 Å². The van der Waals surface area contributed by atoms with Crippen LogP contribution in [0.15, 0.2) is 22.2 Å². The van der Waals surface area contributed by atoms with Gasteiger partial charge in [-0.15, -0.1) is 0 Å². The summed E-state index contributed by atoms with van der Waals surface area (Å²) in [6, 6.07) is 0. The molecule has 1 heterocycles. The van der Waals surface area contributed by atoms with Gasteiger partial charge in [-0.1, -0.05) is 23.9 Å². The summed E-state index contributed by atoms with van der Waals surface area (Å²) in [5, 5.41) is 13.3. The molecule has 1 aromatic heterocycles. The highest BCUT2D eigenvalue weighted by molar-refractivity contribution is 9.14. The summed E-state index contributed by atoms with van der Waals surface area (Å²) in [5.74, 6) is 0. The van der Waals surface area contributed by atoms with Crippen molar-refractivity contribution in [1.29, 1.82) is 0 Å². The lowest BCUT2D eigenvalue weighted by Gasteiger charge is -2.04. The molecule has 0 aliphatic heterocycles. The van der Waals surface area contributed by atoms with Crippen LogP contribution in [0.3, 0.4) is 0 Å². The van der Waals surface area contributed by atoms with Gasteiger partial charge in [-0.25, -0.2) is 0 Å². The van der Waals surface area contributed by atoms with Crippen molar-refractivity contribution in [3.05, 3.63) is 33.4 Å². The van der Waals surface area contributed by atoms with E-state index in [0.717, 1.165) is 20.0 Å². The second-order valence-electron chi connectivity index (χ2n) is 3.46. The Kier molecular flexibility index (Phi) is 6.02. The molecule has 0 unspecified atom stereocenters. The van der Waals surface area contributed by atoms with Gasteiger partial charge in [-0.3, -0.25) is 4.68 Å². The molecule has 0 radical (unpaired) electrons. The first-order valence-corrected chi connectivity index (χ1v) is 7.04. The topological polar surface area (TPSA) is 38.0 Å². The number of aliphatic hydroxyl groups is 1. The summed E-state index contributed by atoms with van der Waals surface area (Å²) in [6.07, 6.45) is 6.06. The molecule has 0 aliphatic carbocycles. The third-order valence-corrected chi connectivity index (χ3v) is 4.29. The molecule has 0 saturated carbocycles. The second kappa shape index (κ2) is 7.03. The Hall–Kier alpha value is -0.520. The maximum Gasteiger partial charge on any atom is 0.0677 e. The highest BCUT2D eigenvalue weighted by Crippen LogP contribution is 2.37. The predicted octanol–water partition coefficient (Wildman–Crippen LogP) is 3.53. The van der Waals surface area contributed by atoms with E-state index in [1.54, 1.807) is 16.4 Å². The zero-order chi connectivity index (χ0) is 12.8. The Labute approximate surface area is 115 Å². The maximum absolute atomic E-state index is 8.90. The number of hydrogen-bond acceptors (Lipinski definition) is 3. The summed E-state index contributed by atoms with van der Waals surface area (Å²) in [4.78, 5) is 1.16. The molecular formula is C12H17BrN2OS. The first kappa shape index (κ1) is 14.5. The van der Waals surface area contributed by atoms with Gasteiger partial charge in [0.25, 0.3) is 0 Å². The lowest BCUT2D eigenvalue weighted by molar-refractivity contribution is 0.269. The van der Waals surface area contributed by atoms with Crippen molar-refractivity contribution in [2.75, 3.05) is 6.61 Å². The average Bonchev–Trinajstić information content (AvgIpc) is 2.67. The van der Waals surface area contributed by atoms with Gasteiger partial charge >= 0.3 is 0 Å². The molecule has 0 aliphatic rings. The molecule has 0 amide bonds. The standard InChI is InChI=1S/C12H17BrN2OS/c1-4-11(17-12(13)5-2)10-8-15(6-7-16)14-9(10)3/h4-5,8,16H,6-7H2,1-3H3/b11-4-,12-5-. The molecule has 1 N–H and O–H groups in total. The van der Waals surface area contributed by atoms with Crippen LogP contribution in [-0.4, -0.2) is 21.5 Å². The van der Waals surface area contributed by atoms with Crippen LogP contribution in [0.25, 0.3) is 4.91 Å². The molecule has 1 rings (SSSR count). The smallest absolute Gasteiger partial charge is 0.0677 e. The molecule has 0 bridgehead atoms. The normalized spacial score (nSPS) is 13.2. The first-order valence-electron chi connectivity index (χ1n) is 5.43. The van der Waals surface area contributed by atoms with Crippen molar-refractivity contribution in [1.82, 2.24) is 9.78 Å². The first-order chi connectivity index (χ1) is 8.12. The monoisotopic (exact) mass is 316 g/mol. The van der Waals surface area contributed by atoms with Gasteiger partial charge in [-0.2, -0.15) is 5.10 Å². The predicted molar refractivity (Wildman–Crippen MR) is 78.0 cm³/mol. The van der Waals surface area contributed by atoms with E-state index in [9.17, 15) is 0 Å². The van der Waals surface area contributed by atoms with Gasteiger partial charge in [0.05, 0.1) is 22.7 Å². The number of thioether (sulfide) groups is 1. The highest BCUT2D eigenvalue weighted by Gasteiger charge is 2.10. The number of aromatic nitrogens is 2. The summed E-state index contributed by atoms with van der Waals surface area (Å²) >= 11 is 5.16. The highest BCUT2D eigenvalue weighted by atomic mass is 79.9. The Bertz CT molecular complexity index is 438. The molecule has 94 valence electrons. The molecule has 3 nitrogen and oxygen atoms in total. The molecule has 0 spiro atoms. The van der Waals surface area contributed by atoms with Crippen LogP contribution >= 0.6 is 27.7 Å².